The first-order valence-electron chi connectivity index (χ1n) is 3.36. The van der Waals surface area contributed by atoms with Gasteiger partial charge in [0.15, 0.2) is 0 Å². The van der Waals surface area contributed by atoms with E-state index >= 15 is 0 Å². The number of anilines is 1. The number of furan rings is 1. The van der Waals surface area contributed by atoms with Gasteiger partial charge in [0.2, 0.25) is 0 Å². The molecule has 1 rings (SSSR count). The van der Waals surface area contributed by atoms with Gasteiger partial charge in [-0.1, -0.05) is 0 Å². The third-order valence-electron chi connectivity index (χ3n) is 1.34. The Bertz CT molecular complexity index is 244. The minimum atomic E-state index is -1.10. The lowest BCUT2D eigenvalue weighted by atomic mass is 10.3. The zero-order valence-electron chi connectivity index (χ0n) is 6.23. The van der Waals surface area contributed by atoms with E-state index in [-0.39, 0.29) is 0 Å². The second-order valence-corrected chi connectivity index (χ2v) is 2.23. The fraction of sp³-hybridized carbons (Fsp3) is 0.286. The Morgan fingerprint density at radius 3 is 2.92 bits per heavy atom. The highest BCUT2D eigenvalue weighted by molar-refractivity contribution is 5.77. The molecule has 0 fully saturated rings. The van der Waals surface area contributed by atoms with Crippen molar-refractivity contribution in [3.63, 3.8) is 0 Å². The molecule has 12 heavy (non-hydrogen) atoms. The lowest BCUT2D eigenvalue weighted by molar-refractivity contribution is -0.138. The summed E-state index contributed by atoms with van der Waals surface area (Å²) < 4.78 is 4.70. The third kappa shape index (κ3) is 2.00. The van der Waals surface area contributed by atoms with Crippen molar-refractivity contribution in [3.8, 4) is 0 Å². The van der Waals surface area contributed by atoms with E-state index in [1.807, 2.05) is 0 Å². The van der Waals surface area contributed by atoms with Gasteiger partial charge in [-0.2, -0.15) is 0 Å². The van der Waals surface area contributed by atoms with E-state index in [2.05, 4.69) is 5.32 Å². The first kappa shape index (κ1) is 8.61. The molecule has 0 aliphatic carbocycles. The Labute approximate surface area is 68.6 Å². The van der Waals surface area contributed by atoms with Crippen LogP contribution in [-0.4, -0.2) is 28.8 Å². The van der Waals surface area contributed by atoms with Gasteiger partial charge in [0, 0.05) is 0 Å². The van der Waals surface area contributed by atoms with Crippen molar-refractivity contribution >= 4 is 11.7 Å². The van der Waals surface area contributed by atoms with Crippen LogP contribution in [-0.2, 0) is 4.79 Å². The number of nitrogens with one attached hydrogen (secondary N) is 1. The number of aliphatic carboxylic acids is 1. The molecule has 1 heterocycles. The molecule has 0 aliphatic rings. The summed E-state index contributed by atoms with van der Waals surface area (Å²) in [5, 5.41) is 19.7. The van der Waals surface area contributed by atoms with Crippen molar-refractivity contribution in [3.05, 3.63) is 18.6 Å². The summed E-state index contributed by atoms with van der Waals surface area (Å²) in [6, 6.07) is 0.591. The predicted molar refractivity (Wildman–Crippen MR) is 40.8 cm³/mol. The molecule has 5 heteroatoms. The van der Waals surface area contributed by atoms with Gasteiger partial charge >= 0.3 is 5.97 Å². The van der Waals surface area contributed by atoms with Gasteiger partial charge in [-0.15, -0.1) is 0 Å². The van der Waals surface area contributed by atoms with Crippen LogP contribution < -0.4 is 5.32 Å². The number of carboxylic acid groups (broad SMARTS) is 1. The molecule has 0 saturated carbocycles. The van der Waals surface area contributed by atoms with E-state index in [1.54, 1.807) is 6.07 Å². The van der Waals surface area contributed by atoms with E-state index < -0.39 is 18.6 Å². The van der Waals surface area contributed by atoms with Gasteiger partial charge in [-0.3, -0.25) is 0 Å². The van der Waals surface area contributed by atoms with Gasteiger partial charge < -0.3 is 19.9 Å². The van der Waals surface area contributed by atoms with E-state index in [4.69, 9.17) is 14.6 Å². The molecule has 1 aromatic rings. The topological polar surface area (TPSA) is 82.7 Å². The molecular weight excluding hydrogens is 162 g/mol. The summed E-state index contributed by atoms with van der Waals surface area (Å²) in [6.07, 6.45) is 2.78. The zero-order valence-corrected chi connectivity index (χ0v) is 6.23. The monoisotopic (exact) mass is 171 g/mol. The zero-order chi connectivity index (χ0) is 8.97. The van der Waals surface area contributed by atoms with Crippen molar-refractivity contribution in [1.82, 2.24) is 0 Å². The number of carboxylic acids is 1. The van der Waals surface area contributed by atoms with Crippen molar-refractivity contribution < 1.29 is 19.4 Å². The maximum absolute atomic E-state index is 10.4. The minimum Gasteiger partial charge on any atom is -0.480 e. The molecule has 0 unspecified atom stereocenters. The summed E-state index contributed by atoms with van der Waals surface area (Å²) in [6.45, 7) is -0.458. The highest BCUT2D eigenvalue weighted by Gasteiger charge is 2.15. The van der Waals surface area contributed by atoms with Crippen LogP contribution in [0.4, 0.5) is 5.69 Å². The van der Waals surface area contributed by atoms with Crippen LogP contribution in [0.5, 0.6) is 0 Å². The summed E-state index contributed by atoms with van der Waals surface area (Å²) in [4.78, 5) is 10.4. The van der Waals surface area contributed by atoms with E-state index in [0.29, 0.717) is 5.69 Å². The van der Waals surface area contributed by atoms with Crippen LogP contribution in [0, 0.1) is 0 Å². The van der Waals surface area contributed by atoms with Crippen LogP contribution >= 0.6 is 0 Å². The molecule has 1 atom stereocenters. The molecule has 0 amide bonds. The lowest BCUT2D eigenvalue weighted by Gasteiger charge is -2.09. The van der Waals surface area contributed by atoms with E-state index in [1.165, 1.54) is 12.5 Å². The minimum absolute atomic E-state index is 0.458. The SMILES string of the molecule is O=C(O)[C@H](CO)Nc1ccoc1. The molecule has 0 radical (unpaired) electrons. The average Bonchev–Trinajstić information content (AvgIpc) is 2.51. The standard InChI is InChI=1S/C7H9NO4/c9-3-6(7(10)11)8-5-1-2-12-4-5/h1-2,4,6,8-9H,3H2,(H,10,11)/t6-/m0/s1. The number of aliphatic hydroxyl groups is 1. The molecule has 0 saturated heterocycles. The van der Waals surface area contributed by atoms with Crippen LogP contribution in [0.15, 0.2) is 23.0 Å². The maximum Gasteiger partial charge on any atom is 0.328 e. The van der Waals surface area contributed by atoms with Crippen molar-refractivity contribution in [1.29, 1.82) is 0 Å². The second-order valence-electron chi connectivity index (χ2n) is 2.23. The molecule has 0 aliphatic heterocycles. The van der Waals surface area contributed by atoms with Crippen molar-refractivity contribution in [2.24, 2.45) is 0 Å². The first-order chi connectivity index (χ1) is 5.74. The number of rotatable bonds is 4. The van der Waals surface area contributed by atoms with Gasteiger partial charge in [0.05, 0.1) is 18.6 Å². The average molecular weight is 171 g/mol. The Hall–Kier alpha value is -1.49. The third-order valence-corrected chi connectivity index (χ3v) is 1.34. The Balaban J connectivity index is 2.54. The highest BCUT2D eigenvalue weighted by atomic mass is 16.4. The normalized spacial score (nSPS) is 12.4. The molecule has 0 bridgehead atoms. The summed E-state index contributed by atoms with van der Waals surface area (Å²) in [7, 11) is 0. The fourth-order valence-corrected chi connectivity index (χ4v) is 0.733. The Morgan fingerprint density at radius 1 is 1.75 bits per heavy atom. The smallest absolute Gasteiger partial charge is 0.328 e. The van der Waals surface area contributed by atoms with Crippen LogP contribution in [0.25, 0.3) is 0 Å². The van der Waals surface area contributed by atoms with Crippen molar-refractivity contribution in [2.45, 2.75) is 6.04 Å². The molecule has 0 aromatic carbocycles. The van der Waals surface area contributed by atoms with Crippen LogP contribution in [0.2, 0.25) is 0 Å². The molecule has 3 N–H and O–H groups in total. The van der Waals surface area contributed by atoms with Gasteiger partial charge in [-0.25, -0.2) is 4.79 Å². The molecule has 0 spiro atoms. The Morgan fingerprint density at radius 2 is 2.50 bits per heavy atom. The quantitative estimate of drug-likeness (QED) is 0.600. The van der Waals surface area contributed by atoms with E-state index in [9.17, 15) is 4.79 Å². The van der Waals surface area contributed by atoms with Crippen LogP contribution in [0.3, 0.4) is 0 Å². The molecule has 1 aromatic heterocycles. The fourth-order valence-electron chi connectivity index (χ4n) is 0.733. The summed E-state index contributed by atoms with van der Waals surface area (Å²) in [5.41, 5.74) is 0.538. The van der Waals surface area contributed by atoms with Gasteiger partial charge in [0.1, 0.15) is 12.3 Å². The molecule has 66 valence electrons. The van der Waals surface area contributed by atoms with Crippen LogP contribution in [0.1, 0.15) is 0 Å². The van der Waals surface area contributed by atoms with Gasteiger partial charge in [-0.05, 0) is 6.07 Å². The second kappa shape index (κ2) is 3.77. The number of aliphatic hydroxyl groups excluding tert-OH is 1. The van der Waals surface area contributed by atoms with Crippen molar-refractivity contribution in [2.75, 3.05) is 11.9 Å². The highest BCUT2D eigenvalue weighted by Crippen LogP contribution is 2.07. The maximum atomic E-state index is 10.4. The summed E-state index contributed by atoms with van der Waals surface area (Å²) in [5.74, 6) is -1.10. The van der Waals surface area contributed by atoms with E-state index in [0.717, 1.165) is 0 Å². The lowest BCUT2D eigenvalue weighted by Crippen LogP contribution is -2.32. The Kier molecular flexibility index (Phi) is 2.71. The molecule has 5 nitrogen and oxygen atoms in total. The number of carbonyl (C=O) groups is 1. The predicted octanol–water partition coefficient (Wildman–Crippen LogP) is 0.137. The molecular formula is C7H9NO4. The largest absolute Gasteiger partial charge is 0.480 e. The van der Waals surface area contributed by atoms with Gasteiger partial charge in [0.25, 0.3) is 0 Å². The number of hydrogen-bond donors (Lipinski definition) is 3. The first-order valence-corrected chi connectivity index (χ1v) is 3.36. The summed E-state index contributed by atoms with van der Waals surface area (Å²) >= 11 is 0. The number of hydrogen-bond acceptors (Lipinski definition) is 4.